The van der Waals surface area contributed by atoms with Crippen LogP contribution in [0.2, 0.25) is 0 Å². The Morgan fingerprint density at radius 2 is 1.04 bits per heavy atom. The molecule has 1 N–H and O–H groups in total. The smallest absolute Gasteiger partial charge is 0.395 e. The van der Waals surface area contributed by atoms with Crippen LogP contribution in [0.4, 0.5) is 0 Å². The molecule has 0 atom stereocenters. The second-order valence-corrected chi connectivity index (χ2v) is 7.21. The molecule has 2 aromatic rings. The maximum Gasteiger partial charge on any atom is 0.584 e. The van der Waals surface area contributed by atoms with E-state index < -0.39 is 7.82 Å². The first-order valence-corrected chi connectivity index (χ1v) is 8.97. The summed E-state index contributed by atoms with van der Waals surface area (Å²) < 4.78 is 22.9. The van der Waals surface area contributed by atoms with Gasteiger partial charge in [-0.3, -0.25) is 4.89 Å². The Labute approximate surface area is 137 Å². The molecule has 0 saturated heterocycles. The molecule has 4 nitrogen and oxygen atoms in total. The van der Waals surface area contributed by atoms with Crippen LogP contribution in [0.3, 0.4) is 0 Å². The van der Waals surface area contributed by atoms with Gasteiger partial charge >= 0.3 is 7.82 Å². The molecule has 0 aliphatic carbocycles. The summed E-state index contributed by atoms with van der Waals surface area (Å²) in [6.07, 6.45) is 0. The molecule has 0 aromatic heterocycles. The van der Waals surface area contributed by atoms with Crippen molar-refractivity contribution in [3.8, 4) is 11.5 Å². The minimum atomic E-state index is -4.26. The number of benzene rings is 2. The Hall–Kier alpha value is -1.77. The zero-order chi connectivity index (χ0) is 17.4. The normalized spacial score (nSPS) is 11.4. The zero-order valence-electron chi connectivity index (χ0n) is 14.4. The average Bonchev–Trinajstić information content (AvgIpc) is 2.48. The average molecular weight is 334 g/mol. The van der Waals surface area contributed by atoms with E-state index in [4.69, 9.17) is 9.05 Å². The lowest BCUT2D eigenvalue weighted by atomic mass is 10.0. The minimum absolute atomic E-state index is 0.362. The number of aryl methyl sites for hydroxylation is 2. The molecular formula is C18H23O4P. The third-order valence-electron chi connectivity index (χ3n) is 4.44. The molecule has 0 saturated carbocycles. The van der Waals surface area contributed by atoms with Gasteiger partial charge in [0.25, 0.3) is 0 Å². The number of rotatable bonds is 4. The SMILES string of the molecule is Cc1ccc(OP(=O)(O)Oc2ccc(C)c(C)c2C)c(C)c1C. The third-order valence-corrected chi connectivity index (χ3v) is 5.30. The summed E-state index contributed by atoms with van der Waals surface area (Å²) in [4.78, 5) is 10.1. The summed E-state index contributed by atoms with van der Waals surface area (Å²) in [5.41, 5.74) is 5.94. The van der Waals surface area contributed by atoms with Crippen molar-refractivity contribution < 1.29 is 18.5 Å². The Morgan fingerprint density at radius 3 is 1.39 bits per heavy atom. The van der Waals surface area contributed by atoms with Crippen LogP contribution in [0.1, 0.15) is 33.4 Å². The molecule has 124 valence electrons. The summed E-state index contributed by atoms with van der Waals surface area (Å²) >= 11 is 0. The monoisotopic (exact) mass is 334 g/mol. The number of hydrogen-bond donors (Lipinski definition) is 1. The molecule has 0 radical (unpaired) electrons. The fourth-order valence-electron chi connectivity index (χ4n) is 2.33. The van der Waals surface area contributed by atoms with Crippen molar-refractivity contribution in [3.63, 3.8) is 0 Å². The van der Waals surface area contributed by atoms with Gasteiger partial charge in [0.05, 0.1) is 0 Å². The van der Waals surface area contributed by atoms with Crippen LogP contribution in [0.25, 0.3) is 0 Å². The van der Waals surface area contributed by atoms with Gasteiger partial charge < -0.3 is 9.05 Å². The molecule has 2 rings (SSSR count). The van der Waals surface area contributed by atoms with Crippen molar-refractivity contribution in [1.82, 2.24) is 0 Å². The van der Waals surface area contributed by atoms with E-state index in [2.05, 4.69) is 0 Å². The van der Waals surface area contributed by atoms with Gasteiger partial charge in [0.15, 0.2) is 0 Å². The molecule has 0 fully saturated rings. The van der Waals surface area contributed by atoms with E-state index in [-0.39, 0.29) is 0 Å². The lowest BCUT2D eigenvalue weighted by Gasteiger charge is -2.18. The van der Waals surface area contributed by atoms with Gasteiger partial charge in [-0.2, -0.15) is 0 Å². The van der Waals surface area contributed by atoms with Gasteiger partial charge in [-0.15, -0.1) is 0 Å². The second kappa shape index (κ2) is 6.38. The molecule has 0 aliphatic heterocycles. The fraction of sp³-hybridized carbons (Fsp3) is 0.333. The highest BCUT2D eigenvalue weighted by atomic mass is 31.2. The van der Waals surface area contributed by atoms with Crippen LogP contribution < -0.4 is 9.05 Å². The largest absolute Gasteiger partial charge is 0.584 e. The van der Waals surface area contributed by atoms with Crippen LogP contribution in [-0.2, 0) is 4.57 Å². The lowest BCUT2D eigenvalue weighted by molar-refractivity contribution is 0.289. The molecule has 0 heterocycles. The van der Waals surface area contributed by atoms with Crippen LogP contribution in [0, 0.1) is 41.5 Å². The molecule has 23 heavy (non-hydrogen) atoms. The van der Waals surface area contributed by atoms with Gasteiger partial charge in [0.1, 0.15) is 11.5 Å². The van der Waals surface area contributed by atoms with E-state index in [1.165, 1.54) is 0 Å². The quantitative estimate of drug-likeness (QED) is 0.791. The van der Waals surface area contributed by atoms with Gasteiger partial charge in [-0.05, 0) is 87.1 Å². The molecule has 0 aliphatic rings. The van der Waals surface area contributed by atoms with Crippen molar-refractivity contribution >= 4 is 7.82 Å². The first kappa shape index (κ1) is 17.6. The molecule has 0 spiro atoms. The molecule has 0 unspecified atom stereocenters. The Balaban J connectivity index is 2.29. The standard InChI is InChI=1S/C18H23O4P/c1-11-7-9-17(15(5)13(11)3)21-23(19,20)22-18-10-8-12(2)14(4)16(18)6/h7-10H,1-6H3,(H,19,20). The van der Waals surface area contributed by atoms with Crippen molar-refractivity contribution in [1.29, 1.82) is 0 Å². The summed E-state index contributed by atoms with van der Waals surface area (Å²) in [6, 6.07) is 7.10. The van der Waals surface area contributed by atoms with E-state index in [0.29, 0.717) is 11.5 Å². The van der Waals surface area contributed by atoms with Crippen LogP contribution in [-0.4, -0.2) is 4.89 Å². The number of phosphoric ester groups is 1. The molecular weight excluding hydrogens is 311 g/mol. The van der Waals surface area contributed by atoms with E-state index in [0.717, 1.165) is 33.4 Å². The van der Waals surface area contributed by atoms with Crippen LogP contribution in [0.15, 0.2) is 24.3 Å². The first-order chi connectivity index (χ1) is 10.6. The molecule has 0 bridgehead atoms. The highest BCUT2D eigenvalue weighted by Gasteiger charge is 2.27. The summed E-state index contributed by atoms with van der Waals surface area (Å²) in [6.45, 7) is 11.6. The third kappa shape index (κ3) is 3.77. The predicted octanol–water partition coefficient (Wildman–Crippen LogP) is 5.10. The highest BCUT2D eigenvalue weighted by Crippen LogP contribution is 2.46. The van der Waals surface area contributed by atoms with E-state index in [1.54, 1.807) is 12.1 Å². The maximum absolute atomic E-state index is 12.4. The van der Waals surface area contributed by atoms with Gasteiger partial charge in [0, 0.05) is 0 Å². The van der Waals surface area contributed by atoms with Crippen LogP contribution >= 0.6 is 7.82 Å². The fourth-order valence-corrected chi connectivity index (χ4v) is 3.26. The maximum atomic E-state index is 12.4. The van der Waals surface area contributed by atoms with E-state index >= 15 is 0 Å². The van der Waals surface area contributed by atoms with Gasteiger partial charge in [-0.25, -0.2) is 4.57 Å². The minimum Gasteiger partial charge on any atom is -0.395 e. The number of hydrogen-bond acceptors (Lipinski definition) is 3. The predicted molar refractivity (Wildman–Crippen MR) is 92.4 cm³/mol. The summed E-state index contributed by atoms with van der Waals surface area (Å²) in [7, 11) is -4.26. The van der Waals surface area contributed by atoms with E-state index in [1.807, 2.05) is 53.7 Å². The molecule has 2 aromatic carbocycles. The Bertz CT molecular complexity index is 733. The Morgan fingerprint density at radius 1 is 0.696 bits per heavy atom. The molecule has 5 heteroatoms. The summed E-state index contributed by atoms with van der Waals surface area (Å²) in [5.74, 6) is 0.723. The van der Waals surface area contributed by atoms with Crippen molar-refractivity contribution in [2.24, 2.45) is 0 Å². The van der Waals surface area contributed by atoms with Crippen molar-refractivity contribution in [3.05, 3.63) is 57.6 Å². The van der Waals surface area contributed by atoms with Gasteiger partial charge in [-0.1, -0.05) is 12.1 Å². The lowest BCUT2D eigenvalue weighted by Crippen LogP contribution is -2.03. The summed E-state index contributed by atoms with van der Waals surface area (Å²) in [5, 5.41) is 0. The van der Waals surface area contributed by atoms with Gasteiger partial charge in [0.2, 0.25) is 0 Å². The topological polar surface area (TPSA) is 55.8 Å². The van der Waals surface area contributed by atoms with Crippen molar-refractivity contribution in [2.75, 3.05) is 0 Å². The highest BCUT2D eigenvalue weighted by molar-refractivity contribution is 7.48. The van der Waals surface area contributed by atoms with E-state index in [9.17, 15) is 9.46 Å². The number of phosphoric acid groups is 1. The zero-order valence-corrected chi connectivity index (χ0v) is 15.3. The van der Waals surface area contributed by atoms with Crippen molar-refractivity contribution in [2.45, 2.75) is 41.5 Å². The Kier molecular flexibility index (Phi) is 4.88. The first-order valence-electron chi connectivity index (χ1n) is 7.48. The van der Waals surface area contributed by atoms with Crippen LogP contribution in [0.5, 0.6) is 11.5 Å². The second-order valence-electron chi connectivity index (χ2n) is 5.91. The molecule has 0 amide bonds.